The molecule has 0 aromatic rings. The maximum Gasteiger partial charge on any atom is 0.216 e. The largest absolute Gasteiger partial charge is 0.378 e. The van der Waals surface area contributed by atoms with Crippen LogP contribution in [0.15, 0.2) is 4.99 Å². The lowest BCUT2D eigenvalue weighted by atomic mass is 10.0. The fraction of sp³-hybridized carbons (Fsp3) is 0.950. The molecule has 2 heterocycles. The van der Waals surface area contributed by atoms with E-state index in [1.165, 1.54) is 25.9 Å². The first kappa shape index (κ1) is 24.4. The van der Waals surface area contributed by atoms with Gasteiger partial charge in [0.1, 0.15) is 0 Å². The van der Waals surface area contributed by atoms with Crippen molar-refractivity contribution in [2.45, 2.75) is 52.7 Å². The van der Waals surface area contributed by atoms with Crippen LogP contribution in [0.2, 0.25) is 0 Å². The van der Waals surface area contributed by atoms with Gasteiger partial charge in [-0.1, -0.05) is 13.8 Å². The van der Waals surface area contributed by atoms with E-state index in [0.717, 1.165) is 12.5 Å². The number of hydrogen-bond acceptors (Lipinski definition) is 5. The predicted octanol–water partition coefficient (Wildman–Crippen LogP) is 1.05. The summed E-state index contributed by atoms with van der Waals surface area (Å²) in [6.45, 7) is 14.1. The first-order valence-electron chi connectivity index (χ1n) is 11.0. The molecule has 2 rings (SSSR count). The number of sulfonamides is 1. The van der Waals surface area contributed by atoms with Crippen LogP contribution in [-0.2, 0) is 14.8 Å². The van der Waals surface area contributed by atoms with E-state index >= 15 is 0 Å². The molecule has 1 N–H and O–H groups in total. The highest BCUT2D eigenvalue weighted by molar-refractivity contribution is 7.89. The Kier molecular flexibility index (Phi) is 9.65. The summed E-state index contributed by atoms with van der Waals surface area (Å²) in [5.41, 5.74) is 0. The number of likely N-dealkylation sites (tertiary alicyclic amines) is 1. The maximum absolute atomic E-state index is 12.5. The number of guanidine groups is 1. The molecule has 2 saturated heterocycles. The Bertz CT molecular complexity index is 610. The Labute approximate surface area is 177 Å². The van der Waals surface area contributed by atoms with Crippen molar-refractivity contribution in [1.29, 1.82) is 0 Å². The van der Waals surface area contributed by atoms with Gasteiger partial charge in [-0.15, -0.1) is 0 Å². The summed E-state index contributed by atoms with van der Waals surface area (Å²) in [4.78, 5) is 9.19. The Morgan fingerprint density at radius 2 is 1.66 bits per heavy atom. The highest BCUT2D eigenvalue weighted by Crippen LogP contribution is 2.17. The van der Waals surface area contributed by atoms with E-state index < -0.39 is 10.0 Å². The first-order chi connectivity index (χ1) is 13.7. The van der Waals surface area contributed by atoms with E-state index in [9.17, 15) is 8.42 Å². The van der Waals surface area contributed by atoms with Gasteiger partial charge in [0.05, 0.1) is 18.5 Å². The van der Waals surface area contributed by atoms with Crippen LogP contribution in [0.1, 0.15) is 40.5 Å². The molecule has 0 bridgehead atoms. The van der Waals surface area contributed by atoms with Crippen LogP contribution < -0.4 is 5.32 Å². The second-order valence-corrected chi connectivity index (χ2v) is 10.7. The van der Waals surface area contributed by atoms with Gasteiger partial charge in [0.15, 0.2) is 5.96 Å². The quantitative estimate of drug-likeness (QED) is 0.434. The standard InChI is InChI=1S/C20H41N5O3S/c1-17(2)19(23-8-6-7-9-23)16-22-20(21-5)24-10-12-25(13-11-24)29(26,27)15-14-28-18(3)4/h17-19H,6-16H2,1-5H3,(H,21,22). The summed E-state index contributed by atoms with van der Waals surface area (Å²) in [6.07, 6.45) is 2.62. The molecule has 0 aromatic carbocycles. The van der Waals surface area contributed by atoms with E-state index in [1.54, 1.807) is 11.4 Å². The molecule has 0 aliphatic carbocycles. The number of hydrogen-bond donors (Lipinski definition) is 1. The number of nitrogens with zero attached hydrogens (tertiary/aromatic N) is 4. The van der Waals surface area contributed by atoms with Crippen molar-refractivity contribution in [2.24, 2.45) is 10.9 Å². The van der Waals surface area contributed by atoms with Crippen LogP contribution in [0, 0.1) is 5.92 Å². The van der Waals surface area contributed by atoms with Crippen molar-refractivity contribution in [2.75, 3.05) is 65.2 Å². The Morgan fingerprint density at radius 3 is 2.17 bits per heavy atom. The van der Waals surface area contributed by atoms with Crippen molar-refractivity contribution in [3.8, 4) is 0 Å². The van der Waals surface area contributed by atoms with Crippen LogP contribution >= 0.6 is 0 Å². The van der Waals surface area contributed by atoms with Crippen molar-refractivity contribution in [1.82, 2.24) is 19.4 Å². The summed E-state index contributed by atoms with van der Waals surface area (Å²) in [6, 6.07) is 0.497. The van der Waals surface area contributed by atoms with Gasteiger partial charge in [0.2, 0.25) is 10.0 Å². The zero-order chi connectivity index (χ0) is 21.4. The van der Waals surface area contributed by atoms with Gasteiger partial charge in [-0.2, -0.15) is 4.31 Å². The first-order valence-corrected chi connectivity index (χ1v) is 12.6. The molecule has 0 spiro atoms. The van der Waals surface area contributed by atoms with Gasteiger partial charge in [0, 0.05) is 45.8 Å². The highest BCUT2D eigenvalue weighted by Gasteiger charge is 2.29. The van der Waals surface area contributed by atoms with Crippen LogP contribution in [0.4, 0.5) is 0 Å². The lowest BCUT2D eigenvalue weighted by molar-refractivity contribution is 0.0904. The Morgan fingerprint density at radius 1 is 1.03 bits per heavy atom. The number of ether oxygens (including phenoxy) is 1. The third-order valence-electron chi connectivity index (χ3n) is 5.78. The SMILES string of the molecule is CN=C(NCC(C(C)C)N1CCCC1)N1CCN(S(=O)(=O)CCOC(C)C)CC1. The molecule has 0 radical (unpaired) electrons. The van der Waals surface area contributed by atoms with Crippen molar-refractivity contribution >= 4 is 16.0 Å². The summed E-state index contributed by atoms with van der Waals surface area (Å²) < 4.78 is 32.0. The molecule has 0 aromatic heterocycles. The minimum absolute atomic E-state index is 0.0457. The predicted molar refractivity (Wildman–Crippen MR) is 119 cm³/mol. The zero-order valence-corrected chi connectivity index (χ0v) is 19.7. The van der Waals surface area contributed by atoms with Crippen LogP contribution in [-0.4, -0.2) is 106 Å². The lowest BCUT2D eigenvalue weighted by Gasteiger charge is -2.37. The van der Waals surface area contributed by atoms with Gasteiger partial charge >= 0.3 is 0 Å². The second-order valence-electron chi connectivity index (χ2n) is 8.60. The third kappa shape index (κ3) is 7.38. The molecule has 1 atom stereocenters. The van der Waals surface area contributed by atoms with E-state index in [0.29, 0.717) is 38.1 Å². The number of rotatable bonds is 9. The monoisotopic (exact) mass is 431 g/mol. The number of aliphatic imine (C=N–C) groups is 1. The molecular weight excluding hydrogens is 390 g/mol. The molecule has 2 fully saturated rings. The molecule has 0 amide bonds. The third-order valence-corrected chi connectivity index (χ3v) is 7.62. The lowest BCUT2D eigenvalue weighted by Crippen LogP contribution is -2.56. The molecule has 29 heavy (non-hydrogen) atoms. The molecule has 0 saturated carbocycles. The van der Waals surface area contributed by atoms with Crippen molar-refractivity contribution in [3.63, 3.8) is 0 Å². The molecule has 2 aliphatic heterocycles. The van der Waals surface area contributed by atoms with E-state index in [2.05, 4.69) is 34.0 Å². The fourth-order valence-corrected chi connectivity index (χ4v) is 5.37. The van der Waals surface area contributed by atoms with Gasteiger partial charge < -0.3 is 15.0 Å². The summed E-state index contributed by atoms with van der Waals surface area (Å²) in [5.74, 6) is 1.49. The van der Waals surface area contributed by atoms with Crippen LogP contribution in [0.5, 0.6) is 0 Å². The van der Waals surface area contributed by atoms with Gasteiger partial charge in [-0.3, -0.25) is 9.89 Å². The highest BCUT2D eigenvalue weighted by atomic mass is 32.2. The van der Waals surface area contributed by atoms with E-state index in [-0.39, 0.29) is 18.5 Å². The van der Waals surface area contributed by atoms with E-state index in [1.807, 2.05) is 13.8 Å². The maximum atomic E-state index is 12.5. The minimum Gasteiger partial charge on any atom is -0.378 e. The Balaban J connectivity index is 1.83. The molecule has 8 nitrogen and oxygen atoms in total. The summed E-state index contributed by atoms with van der Waals surface area (Å²) in [5, 5.41) is 3.54. The van der Waals surface area contributed by atoms with Gasteiger partial charge in [0.25, 0.3) is 0 Å². The average molecular weight is 432 g/mol. The summed E-state index contributed by atoms with van der Waals surface area (Å²) >= 11 is 0. The molecule has 2 aliphatic rings. The molecule has 170 valence electrons. The van der Waals surface area contributed by atoms with Crippen LogP contribution in [0.25, 0.3) is 0 Å². The van der Waals surface area contributed by atoms with Gasteiger partial charge in [-0.25, -0.2) is 8.42 Å². The van der Waals surface area contributed by atoms with E-state index in [4.69, 9.17) is 4.74 Å². The number of piperazine rings is 1. The van der Waals surface area contributed by atoms with Crippen molar-refractivity contribution < 1.29 is 13.2 Å². The average Bonchev–Trinajstić information content (AvgIpc) is 3.19. The normalized spacial score (nSPS) is 21.3. The fourth-order valence-electron chi connectivity index (χ4n) is 4.08. The molecular formula is C20H41N5O3S. The minimum atomic E-state index is -3.27. The molecule has 1 unspecified atom stereocenters. The second kappa shape index (κ2) is 11.5. The Hall–Kier alpha value is -0.900. The van der Waals surface area contributed by atoms with Crippen molar-refractivity contribution in [3.05, 3.63) is 0 Å². The molecule has 9 heteroatoms. The smallest absolute Gasteiger partial charge is 0.216 e. The van der Waals surface area contributed by atoms with Gasteiger partial charge in [-0.05, 0) is 45.7 Å². The van der Waals surface area contributed by atoms with Crippen LogP contribution in [0.3, 0.4) is 0 Å². The number of nitrogens with one attached hydrogen (secondary N) is 1. The zero-order valence-electron chi connectivity index (χ0n) is 18.9. The summed E-state index contributed by atoms with van der Waals surface area (Å²) in [7, 11) is -1.47. The topological polar surface area (TPSA) is 77.5 Å².